The Labute approximate surface area is 150 Å². The van der Waals surface area contributed by atoms with Gasteiger partial charge in [-0.3, -0.25) is 9.59 Å². The first-order chi connectivity index (χ1) is 12.1. The summed E-state index contributed by atoms with van der Waals surface area (Å²) in [7, 11) is 1.31. The number of amides is 1. The van der Waals surface area contributed by atoms with Gasteiger partial charge in [-0.1, -0.05) is 48.0 Å². The van der Waals surface area contributed by atoms with Gasteiger partial charge in [0.2, 0.25) is 0 Å². The standard InChI is InChI=1S/C19H18ClNO4/c1-24-18(22)11-15(13-7-3-4-8-14(13)20)21-19(23)17-10-12-6-2-5-9-16(12)25-17/h2-9,15,17H,10-11H2,1H3,(H,21,23). The molecule has 3 rings (SSSR count). The number of para-hydroxylation sites is 1. The minimum absolute atomic E-state index is 0.00829. The maximum absolute atomic E-state index is 12.6. The van der Waals surface area contributed by atoms with Gasteiger partial charge in [0, 0.05) is 11.4 Å². The van der Waals surface area contributed by atoms with Gasteiger partial charge in [-0.15, -0.1) is 0 Å². The smallest absolute Gasteiger partial charge is 0.307 e. The van der Waals surface area contributed by atoms with Crippen molar-refractivity contribution < 1.29 is 19.1 Å². The van der Waals surface area contributed by atoms with Gasteiger partial charge in [-0.2, -0.15) is 0 Å². The van der Waals surface area contributed by atoms with Crippen molar-refractivity contribution in [1.82, 2.24) is 5.32 Å². The van der Waals surface area contributed by atoms with Crippen LogP contribution in [0.2, 0.25) is 5.02 Å². The summed E-state index contributed by atoms with van der Waals surface area (Å²) in [5.41, 5.74) is 1.66. The number of methoxy groups -OCH3 is 1. The molecule has 2 aromatic carbocycles. The van der Waals surface area contributed by atoms with E-state index in [4.69, 9.17) is 21.1 Å². The fraction of sp³-hybridized carbons (Fsp3) is 0.263. The van der Waals surface area contributed by atoms with E-state index in [2.05, 4.69) is 5.32 Å². The van der Waals surface area contributed by atoms with Crippen LogP contribution in [0.4, 0.5) is 0 Å². The van der Waals surface area contributed by atoms with Gasteiger partial charge in [-0.05, 0) is 23.3 Å². The average Bonchev–Trinajstić information content (AvgIpc) is 3.05. The number of carbonyl (C=O) groups is 2. The third-order valence-electron chi connectivity index (χ3n) is 4.14. The van der Waals surface area contributed by atoms with Gasteiger partial charge >= 0.3 is 5.97 Å². The van der Waals surface area contributed by atoms with E-state index >= 15 is 0 Å². The lowest BCUT2D eigenvalue weighted by Crippen LogP contribution is -2.40. The topological polar surface area (TPSA) is 64.6 Å². The second-order valence-electron chi connectivity index (χ2n) is 5.78. The van der Waals surface area contributed by atoms with Crippen LogP contribution in [-0.4, -0.2) is 25.1 Å². The Hall–Kier alpha value is -2.53. The van der Waals surface area contributed by atoms with E-state index in [0.29, 0.717) is 22.8 Å². The average molecular weight is 360 g/mol. The van der Waals surface area contributed by atoms with Crippen molar-refractivity contribution in [3.63, 3.8) is 0 Å². The third-order valence-corrected chi connectivity index (χ3v) is 4.48. The largest absolute Gasteiger partial charge is 0.480 e. The van der Waals surface area contributed by atoms with Crippen LogP contribution in [0.5, 0.6) is 5.75 Å². The highest BCUT2D eigenvalue weighted by atomic mass is 35.5. The molecule has 1 N–H and O–H groups in total. The van der Waals surface area contributed by atoms with E-state index in [9.17, 15) is 9.59 Å². The van der Waals surface area contributed by atoms with Crippen molar-refractivity contribution in [2.24, 2.45) is 0 Å². The van der Waals surface area contributed by atoms with Crippen molar-refractivity contribution >= 4 is 23.5 Å². The molecule has 1 aliphatic heterocycles. The highest BCUT2D eigenvalue weighted by Gasteiger charge is 2.31. The first kappa shape index (κ1) is 17.3. The van der Waals surface area contributed by atoms with Crippen molar-refractivity contribution in [2.45, 2.75) is 25.0 Å². The molecule has 6 heteroatoms. The zero-order chi connectivity index (χ0) is 17.8. The van der Waals surface area contributed by atoms with Crippen LogP contribution in [-0.2, 0) is 20.7 Å². The minimum atomic E-state index is -0.625. The molecule has 0 aliphatic carbocycles. The number of carbonyl (C=O) groups excluding carboxylic acids is 2. The van der Waals surface area contributed by atoms with Crippen LogP contribution in [0.1, 0.15) is 23.6 Å². The minimum Gasteiger partial charge on any atom is -0.480 e. The van der Waals surface area contributed by atoms with Gasteiger partial charge in [0.1, 0.15) is 5.75 Å². The lowest BCUT2D eigenvalue weighted by atomic mass is 10.0. The van der Waals surface area contributed by atoms with E-state index in [1.165, 1.54) is 7.11 Å². The molecule has 2 unspecified atom stereocenters. The molecule has 1 heterocycles. The zero-order valence-electron chi connectivity index (χ0n) is 13.7. The summed E-state index contributed by atoms with van der Waals surface area (Å²) in [5.74, 6) is -0.00391. The van der Waals surface area contributed by atoms with Gasteiger partial charge in [-0.25, -0.2) is 0 Å². The molecule has 25 heavy (non-hydrogen) atoms. The molecule has 0 aromatic heterocycles. The van der Waals surface area contributed by atoms with E-state index in [-0.39, 0.29) is 12.3 Å². The first-order valence-electron chi connectivity index (χ1n) is 7.94. The molecule has 0 fully saturated rings. The molecule has 0 bridgehead atoms. The van der Waals surface area contributed by atoms with E-state index < -0.39 is 18.1 Å². The highest BCUT2D eigenvalue weighted by molar-refractivity contribution is 6.31. The van der Waals surface area contributed by atoms with Crippen molar-refractivity contribution in [3.05, 3.63) is 64.7 Å². The van der Waals surface area contributed by atoms with Crippen molar-refractivity contribution in [1.29, 1.82) is 0 Å². The number of rotatable bonds is 5. The first-order valence-corrected chi connectivity index (χ1v) is 8.32. The second kappa shape index (κ2) is 7.57. The number of esters is 1. The molecule has 0 spiro atoms. The van der Waals surface area contributed by atoms with Gasteiger partial charge < -0.3 is 14.8 Å². The number of benzene rings is 2. The van der Waals surface area contributed by atoms with Crippen LogP contribution in [0.25, 0.3) is 0 Å². The normalized spacial score (nSPS) is 16.5. The van der Waals surface area contributed by atoms with E-state index in [1.807, 2.05) is 24.3 Å². The molecule has 130 valence electrons. The van der Waals surface area contributed by atoms with Gasteiger partial charge in [0.05, 0.1) is 19.6 Å². The molecule has 0 radical (unpaired) electrons. The number of nitrogens with one attached hydrogen (secondary N) is 1. The van der Waals surface area contributed by atoms with E-state index in [0.717, 1.165) is 5.56 Å². The van der Waals surface area contributed by atoms with Crippen LogP contribution < -0.4 is 10.1 Å². The van der Waals surface area contributed by atoms with E-state index in [1.54, 1.807) is 24.3 Å². The monoisotopic (exact) mass is 359 g/mol. The fourth-order valence-corrected chi connectivity index (χ4v) is 3.11. The van der Waals surface area contributed by atoms with Crippen molar-refractivity contribution in [3.8, 4) is 5.75 Å². The molecular formula is C19H18ClNO4. The maximum Gasteiger partial charge on any atom is 0.307 e. The van der Waals surface area contributed by atoms with Crippen molar-refractivity contribution in [2.75, 3.05) is 7.11 Å². The van der Waals surface area contributed by atoms with Crippen LogP contribution in [0, 0.1) is 0 Å². The molecule has 5 nitrogen and oxygen atoms in total. The maximum atomic E-state index is 12.6. The molecule has 1 aliphatic rings. The Morgan fingerprint density at radius 1 is 1.24 bits per heavy atom. The number of fused-ring (bicyclic) bond motifs is 1. The SMILES string of the molecule is COC(=O)CC(NC(=O)C1Cc2ccccc2O1)c1ccccc1Cl. The number of ether oxygens (including phenoxy) is 2. The summed E-state index contributed by atoms with van der Waals surface area (Å²) in [6.45, 7) is 0. The summed E-state index contributed by atoms with van der Waals surface area (Å²) in [6.07, 6.45) is -0.138. The summed E-state index contributed by atoms with van der Waals surface area (Å²) >= 11 is 6.23. The number of halogens is 1. The molecule has 0 saturated carbocycles. The Morgan fingerprint density at radius 2 is 1.96 bits per heavy atom. The number of hydrogen-bond acceptors (Lipinski definition) is 4. The lowest BCUT2D eigenvalue weighted by Gasteiger charge is -2.21. The quantitative estimate of drug-likeness (QED) is 0.833. The summed E-state index contributed by atoms with van der Waals surface area (Å²) in [4.78, 5) is 24.4. The Bertz CT molecular complexity index is 767. The Kier molecular flexibility index (Phi) is 5.24. The van der Waals surface area contributed by atoms with Crippen LogP contribution >= 0.6 is 11.6 Å². The van der Waals surface area contributed by atoms with Gasteiger partial charge in [0.25, 0.3) is 5.91 Å². The zero-order valence-corrected chi connectivity index (χ0v) is 14.5. The fourth-order valence-electron chi connectivity index (χ4n) is 2.84. The predicted molar refractivity (Wildman–Crippen MR) is 93.5 cm³/mol. The number of hydrogen-bond donors (Lipinski definition) is 1. The summed E-state index contributed by atoms with van der Waals surface area (Å²) in [6, 6.07) is 14.1. The second-order valence-corrected chi connectivity index (χ2v) is 6.19. The molecule has 0 saturated heterocycles. The Balaban J connectivity index is 1.75. The Morgan fingerprint density at radius 3 is 2.68 bits per heavy atom. The van der Waals surface area contributed by atoms with Crippen LogP contribution in [0.3, 0.4) is 0 Å². The highest BCUT2D eigenvalue weighted by Crippen LogP contribution is 2.30. The molecule has 1 amide bonds. The predicted octanol–water partition coefficient (Wildman–Crippen LogP) is 3.06. The summed E-state index contributed by atoms with van der Waals surface area (Å²) in [5, 5.41) is 3.35. The lowest BCUT2D eigenvalue weighted by molar-refractivity contribution is -0.141. The molecular weight excluding hydrogens is 342 g/mol. The summed E-state index contributed by atoms with van der Waals surface area (Å²) < 4.78 is 10.4. The molecule has 2 aromatic rings. The third kappa shape index (κ3) is 3.94. The van der Waals surface area contributed by atoms with Crippen LogP contribution in [0.15, 0.2) is 48.5 Å². The molecule has 2 atom stereocenters. The van der Waals surface area contributed by atoms with Gasteiger partial charge in [0.15, 0.2) is 6.10 Å².